The van der Waals surface area contributed by atoms with Crippen molar-refractivity contribution >= 4 is 71.9 Å². The van der Waals surface area contributed by atoms with E-state index in [9.17, 15) is 32.1 Å². The predicted octanol–water partition coefficient (Wildman–Crippen LogP) is 6.12. The molecular formula is C58H51N4NaO11S2. The van der Waals surface area contributed by atoms with Crippen LogP contribution in [0.4, 0.5) is 17.1 Å². The molecule has 10 rings (SSSR count). The van der Waals surface area contributed by atoms with Gasteiger partial charge in [-0.25, -0.2) is 16.8 Å². The molecule has 4 aliphatic rings. The molecule has 0 N–H and O–H groups in total. The summed E-state index contributed by atoms with van der Waals surface area (Å²) in [5.74, 6) is -0.858. The number of carbonyl (C=O) groups excluding carboxylic acids is 4. The Labute approximate surface area is 462 Å². The molecule has 3 heterocycles. The van der Waals surface area contributed by atoms with Crippen LogP contribution in [0.1, 0.15) is 76.5 Å². The van der Waals surface area contributed by atoms with Crippen molar-refractivity contribution in [2.24, 2.45) is 0 Å². The van der Waals surface area contributed by atoms with E-state index in [0.717, 1.165) is 44.7 Å². The Morgan fingerprint density at radius 3 is 1.54 bits per heavy atom. The van der Waals surface area contributed by atoms with Crippen LogP contribution in [0.15, 0.2) is 155 Å². The van der Waals surface area contributed by atoms with E-state index < -0.39 is 20.2 Å². The van der Waals surface area contributed by atoms with Crippen molar-refractivity contribution in [3.63, 3.8) is 0 Å². The number of hydrogen-bond acceptors (Lipinski definition) is 12. The van der Waals surface area contributed by atoms with E-state index in [1.165, 1.54) is 21.9 Å². The van der Waals surface area contributed by atoms with E-state index in [1.54, 1.807) is 60.7 Å². The molecule has 6 aromatic carbocycles. The average Bonchev–Trinajstić information content (AvgIpc) is 3.75. The van der Waals surface area contributed by atoms with Crippen molar-refractivity contribution in [3.05, 3.63) is 195 Å². The molecule has 0 atom stereocenters. The minimum atomic E-state index is -4.94. The number of amides is 4. The molecule has 0 spiro atoms. The fourth-order valence-electron chi connectivity index (χ4n) is 10.2. The number of aryl methyl sites for hydroxylation is 4. The number of imide groups is 2. The summed E-state index contributed by atoms with van der Waals surface area (Å²) in [5, 5.41) is 1.31. The smallest absolute Gasteiger partial charge is 0.748 e. The normalized spacial score (nSPS) is 13.6. The molecule has 0 unspecified atom stereocenters. The first-order valence-electron chi connectivity index (χ1n) is 24.1. The summed E-state index contributed by atoms with van der Waals surface area (Å²) >= 11 is 0. The summed E-state index contributed by atoms with van der Waals surface area (Å²) in [5.41, 5.74) is 9.94. The van der Waals surface area contributed by atoms with Gasteiger partial charge in [0.25, 0.3) is 23.6 Å². The third kappa shape index (κ3) is 11.1. The third-order valence-corrected chi connectivity index (χ3v) is 14.3. The van der Waals surface area contributed by atoms with Gasteiger partial charge < -0.3 is 18.4 Å². The largest absolute Gasteiger partial charge is 1.00 e. The van der Waals surface area contributed by atoms with Gasteiger partial charge in [-0.3, -0.25) is 29.0 Å². The van der Waals surface area contributed by atoms with Crippen LogP contribution in [0.5, 0.6) is 0 Å². The fourth-order valence-corrected chi connectivity index (χ4v) is 10.9. The number of hydrogen-bond donors (Lipinski definition) is 0. The van der Waals surface area contributed by atoms with Gasteiger partial charge in [0.05, 0.1) is 43.3 Å². The van der Waals surface area contributed by atoms with Gasteiger partial charge in [0.15, 0.2) is 6.54 Å². The number of nitrogens with zero attached hydrogens (tertiary/aromatic N) is 4. The van der Waals surface area contributed by atoms with Gasteiger partial charge in [-0.05, 0) is 93.8 Å². The summed E-state index contributed by atoms with van der Waals surface area (Å²) < 4.78 is 75.1. The van der Waals surface area contributed by atoms with Crippen LogP contribution in [0.25, 0.3) is 33.4 Å². The molecule has 0 aromatic heterocycles. The fraction of sp³-hybridized carbons (Fsp3) is 0.190. The Balaban J connectivity index is 0.00000122. The van der Waals surface area contributed by atoms with E-state index in [-0.39, 0.29) is 76.7 Å². The second-order valence-electron chi connectivity index (χ2n) is 18.6. The standard InChI is InChI=1S/C57H48N4O8S.CH4O3S.Na/c1-35-15-11-16-36(2)52(35)58(29-13-31-60-54(62)41-19-5-6-20-42(41)55(60)63)39-25-27-45-48(33-39)69-49-34-40(26-28-46(49)51(45)47-23-9-10-24-50(47)70(66,67)68)59(53-37(3)17-12-18-38(53)4)30-14-32-61-56(64)43-21-7-8-22-44(43)57(61)65;1-5(2,3)4;/h5-12,15-28,33-34H,13-14,29-32H2,1-4H3;1H3,(H,2,3,4);/q;;+1/p-1. The Morgan fingerprint density at radius 2 is 1.03 bits per heavy atom. The first-order valence-corrected chi connectivity index (χ1v) is 27.3. The second kappa shape index (κ2) is 22.2. The van der Waals surface area contributed by atoms with E-state index in [2.05, 4.69) is 9.48 Å². The number of anilines is 2. The Morgan fingerprint density at radius 1 is 0.553 bits per heavy atom. The van der Waals surface area contributed by atoms with Crippen molar-refractivity contribution in [2.45, 2.75) is 45.4 Å². The maximum Gasteiger partial charge on any atom is 1.00 e. The molecule has 0 bridgehead atoms. The average molecular weight is 1070 g/mol. The Hall–Kier alpha value is -7.09. The Bertz CT molecular complexity index is 3810. The number of para-hydroxylation sites is 2. The maximum absolute atomic E-state index is 13.4. The summed E-state index contributed by atoms with van der Waals surface area (Å²) in [6.07, 6.45) is 1.49. The molecular weight excluding hydrogens is 1020 g/mol. The van der Waals surface area contributed by atoms with Crippen LogP contribution in [-0.4, -0.2) is 91.8 Å². The molecule has 6 aromatic rings. The predicted molar refractivity (Wildman–Crippen MR) is 283 cm³/mol. The molecule has 1 aliphatic carbocycles. The minimum Gasteiger partial charge on any atom is -0.748 e. The van der Waals surface area contributed by atoms with E-state index >= 15 is 0 Å². The van der Waals surface area contributed by atoms with Crippen LogP contribution in [-0.2, 0) is 20.2 Å². The molecule has 18 heteroatoms. The van der Waals surface area contributed by atoms with Crippen LogP contribution in [0.2, 0.25) is 0 Å². The molecule has 0 saturated carbocycles. The van der Waals surface area contributed by atoms with Crippen molar-refractivity contribution in [2.75, 3.05) is 37.3 Å². The molecule has 76 heavy (non-hydrogen) atoms. The first-order chi connectivity index (χ1) is 35.7. The van der Waals surface area contributed by atoms with Crippen LogP contribution in [0.3, 0.4) is 0 Å². The van der Waals surface area contributed by atoms with E-state index in [0.29, 0.717) is 82.3 Å². The van der Waals surface area contributed by atoms with Gasteiger partial charge in [0.2, 0.25) is 11.0 Å². The van der Waals surface area contributed by atoms with Crippen molar-refractivity contribution < 1.29 is 79.1 Å². The zero-order chi connectivity index (χ0) is 53.5. The molecule has 0 saturated heterocycles. The quantitative estimate of drug-likeness (QED) is 0.0421. The van der Waals surface area contributed by atoms with Gasteiger partial charge in [-0.1, -0.05) is 78.9 Å². The summed E-state index contributed by atoms with van der Waals surface area (Å²) in [6.45, 7) is 9.33. The molecule has 15 nitrogen and oxygen atoms in total. The monoisotopic (exact) mass is 1070 g/mol. The zero-order valence-electron chi connectivity index (χ0n) is 42.7. The Kier molecular flexibility index (Phi) is 16.1. The van der Waals surface area contributed by atoms with Gasteiger partial charge >= 0.3 is 29.6 Å². The minimum absolute atomic E-state index is 0. The van der Waals surface area contributed by atoms with Crippen molar-refractivity contribution in [1.29, 1.82) is 0 Å². The van der Waals surface area contributed by atoms with Gasteiger partial charge in [0.1, 0.15) is 21.5 Å². The molecule has 3 aliphatic heterocycles. The van der Waals surface area contributed by atoms with Crippen molar-refractivity contribution in [3.8, 4) is 22.5 Å². The van der Waals surface area contributed by atoms with E-state index in [4.69, 9.17) is 17.4 Å². The van der Waals surface area contributed by atoms with Crippen LogP contribution in [0, 0.1) is 27.7 Å². The SMILES string of the molecule is CS(=O)(=O)[O-].Cc1cccc(C)c1N(CCCN1C(=O)c2ccccc2C1=O)c1ccc2c(-c3ccccc3S(=O)(=O)[O-])c3ccc(=[N+](CCCN4C(=O)c5ccccc5C4=O)c4c(C)cccc4C)cc-3oc2c1.[Na+]. The second-order valence-corrected chi connectivity index (χ2v) is 21.4. The molecule has 382 valence electrons. The van der Waals surface area contributed by atoms with Gasteiger partial charge in [-0.15, -0.1) is 0 Å². The third-order valence-electron chi connectivity index (χ3n) is 13.4. The first kappa shape index (κ1) is 55.2. The van der Waals surface area contributed by atoms with E-state index in [1.807, 2.05) is 100 Å². The van der Waals surface area contributed by atoms with Crippen molar-refractivity contribution in [1.82, 2.24) is 14.4 Å². The maximum atomic E-state index is 13.4. The molecule has 0 radical (unpaired) electrons. The van der Waals surface area contributed by atoms with Gasteiger partial charge in [-0.2, -0.15) is 4.58 Å². The number of rotatable bonds is 13. The number of fused-ring (bicyclic) bond motifs is 4. The topological polar surface area (TPSA) is 209 Å². The van der Waals surface area contributed by atoms with Gasteiger partial charge in [0, 0.05) is 89.0 Å². The molecule has 4 amide bonds. The summed E-state index contributed by atoms with van der Waals surface area (Å²) in [6, 6.07) is 43.4. The number of benzene rings is 7. The van der Waals surface area contributed by atoms with Crippen LogP contribution >= 0.6 is 0 Å². The zero-order valence-corrected chi connectivity index (χ0v) is 46.3. The summed E-state index contributed by atoms with van der Waals surface area (Å²) in [4.78, 5) is 57.8. The van der Waals surface area contributed by atoms with Crippen LogP contribution < -0.4 is 44.4 Å². The number of carbonyl (C=O) groups is 4. The summed E-state index contributed by atoms with van der Waals surface area (Å²) in [7, 11) is -8.86. The molecule has 0 fully saturated rings.